The summed E-state index contributed by atoms with van der Waals surface area (Å²) in [6.07, 6.45) is 0. The summed E-state index contributed by atoms with van der Waals surface area (Å²) in [6, 6.07) is 8.61. The van der Waals surface area contributed by atoms with Crippen LogP contribution in [0.3, 0.4) is 0 Å². The van der Waals surface area contributed by atoms with Crippen molar-refractivity contribution in [3.05, 3.63) is 45.9 Å². The van der Waals surface area contributed by atoms with Crippen LogP contribution in [-0.4, -0.2) is 31.3 Å². The van der Waals surface area contributed by atoms with E-state index in [-0.39, 0.29) is 12.4 Å². The van der Waals surface area contributed by atoms with Crippen LogP contribution in [0.1, 0.15) is 5.56 Å². The van der Waals surface area contributed by atoms with E-state index in [0.29, 0.717) is 55.5 Å². The van der Waals surface area contributed by atoms with E-state index in [2.05, 4.69) is 4.98 Å². The molecule has 0 atom stereocenters. The summed E-state index contributed by atoms with van der Waals surface area (Å²) in [7, 11) is 4.60. The topological polar surface area (TPSA) is 106 Å². The van der Waals surface area contributed by atoms with E-state index in [0.717, 1.165) is 0 Å². The Hall–Kier alpha value is -2.74. The number of hydrogen-bond acceptors (Lipinski definition) is 7. The Labute approximate surface area is 178 Å². The number of nitrogens with two attached hydrogens (primary N) is 2. The van der Waals surface area contributed by atoms with Crippen molar-refractivity contribution in [2.75, 3.05) is 27.1 Å². The second kappa shape index (κ2) is 8.73. The lowest BCUT2D eigenvalue weighted by Gasteiger charge is -2.16. The quantitative estimate of drug-likeness (QED) is 0.598. The van der Waals surface area contributed by atoms with Gasteiger partial charge < -0.3 is 25.7 Å². The van der Waals surface area contributed by atoms with Crippen molar-refractivity contribution in [2.45, 2.75) is 6.54 Å². The highest BCUT2D eigenvalue weighted by atomic mass is 35.5. The van der Waals surface area contributed by atoms with Crippen LogP contribution in [0.5, 0.6) is 17.2 Å². The van der Waals surface area contributed by atoms with Crippen LogP contribution >= 0.6 is 23.2 Å². The van der Waals surface area contributed by atoms with Gasteiger partial charge in [-0.15, -0.1) is 0 Å². The first-order valence-electron chi connectivity index (χ1n) is 8.55. The predicted octanol–water partition coefficient (Wildman–Crippen LogP) is 4.18. The average molecular weight is 435 g/mol. The summed E-state index contributed by atoms with van der Waals surface area (Å²) in [4.78, 5) is 9.11. The second-order valence-corrected chi connectivity index (χ2v) is 6.85. The van der Waals surface area contributed by atoms with Gasteiger partial charge in [0.25, 0.3) is 0 Å². The number of hydrogen-bond donors (Lipinski definition) is 2. The minimum absolute atomic E-state index is 0.148. The van der Waals surface area contributed by atoms with Crippen molar-refractivity contribution in [1.29, 1.82) is 0 Å². The van der Waals surface area contributed by atoms with Crippen LogP contribution in [0.25, 0.3) is 22.6 Å². The molecule has 152 valence electrons. The van der Waals surface area contributed by atoms with Crippen LogP contribution in [0, 0.1) is 0 Å². The summed E-state index contributed by atoms with van der Waals surface area (Å²) in [5.41, 5.74) is 14.5. The van der Waals surface area contributed by atoms with Crippen molar-refractivity contribution in [1.82, 2.24) is 9.97 Å². The van der Waals surface area contributed by atoms with Crippen LogP contribution in [0.2, 0.25) is 10.0 Å². The number of anilines is 1. The molecule has 0 fully saturated rings. The van der Waals surface area contributed by atoms with Gasteiger partial charge in [0.05, 0.1) is 32.0 Å². The molecule has 3 aromatic rings. The Morgan fingerprint density at radius 2 is 1.59 bits per heavy atom. The van der Waals surface area contributed by atoms with Crippen LogP contribution < -0.4 is 25.7 Å². The normalized spacial score (nSPS) is 10.7. The van der Waals surface area contributed by atoms with Crippen LogP contribution in [0.15, 0.2) is 30.3 Å². The first-order chi connectivity index (χ1) is 13.9. The molecule has 9 heteroatoms. The summed E-state index contributed by atoms with van der Waals surface area (Å²) in [5.74, 6) is 2.02. The zero-order chi connectivity index (χ0) is 21.1. The summed E-state index contributed by atoms with van der Waals surface area (Å²) < 4.78 is 16.2. The number of methoxy groups -OCH3 is 3. The molecule has 0 radical (unpaired) electrons. The lowest BCUT2D eigenvalue weighted by Crippen LogP contribution is -2.09. The Bertz CT molecular complexity index is 1040. The lowest BCUT2D eigenvalue weighted by molar-refractivity contribution is 0.324. The molecule has 1 heterocycles. The molecule has 0 amide bonds. The van der Waals surface area contributed by atoms with E-state index in [1.807, 2.05) is 0 Å². The maximum Gasteiger partial charge on any atom is 0.203 e. The average Bonchev–Trinajstić information content (AvgIpc) is 2.72. The number of nitrogens with zero attached hydrogens (tertiary/aromatic N) is 2. The summed E-state index contributed by atoms with van der Waals surface area (Å²) >= 11 is 12.4. The van der Waals surface area contributed by atoms with Crippen molar-refractivity contribution < 1.29 is 14.2 Å². The molecular formula is C20H20Cl2N4O3. The van der Waals surface area contributed by atoms with Gasteiger partial charge in [0.15, 0.2) is 17.3 Å². The molecule has 29 heavy (non-hydrogen) atoms. The maximum atomic E-state index is 6.40. The second-order valence-electron chi connectivity index (χ2n) is 6.00. The fraction of sp³-hybridized carbons (Fsp3) is 0.200. The lowest BCUT2D eigenvalue weighted by atomic mass is 10.0. The molecule has 0 aliphatic carbocycles. The van der Waals surface area contributed by atoms with Crippen molar-refractivity contribution >= 4 is 29.0 Å². The third-order valence-corrected chi connectivity index (χ3v) is 4.90. The summed E-state index contributed by atoms with van der Waals surface area (Å²) in [5, 5.41) is 0.945. The van der Waals surface area contributed by atoms with Gasteiger partial charge in [-0.2, -0.15) is 0 Å². The third-order valence-electron chi connectivity index (χ3n) is 4.35. The van der Waals surface area contributed by atoms with Crippen molar-refractivity contribution in [3.8, 4) is 39.9 Å². The van der Waals surface area contributed by atoms with E-state index < -0.39 is 0 Å². The highest BCUT2D eigenvalue weighted by Crippen LogP contribution is 2.41. The number of nitrogen functional groups attached to an aromatic ring is 1. The standard InChI is InChI=1S/C20H20Cl2N4O3/c1-27-15-6-10(7-16(28-2)18(15)29-3)20-25-17(13(9-23)19(24)26-20)12-5-4-11(21)8-14(12)22/h4-8H,9,23H2,1-3H3,(H2,24,25,26). The third kappa shape index (κ3) is 4.03. The van der Waals surface area contributed by atoms with Gasteiger partial charge in [-0.25, -0.2) is 9.97 Å². The van der Waals surface area contributed by atoms with Gasteiger partial charge in [-0.3, -0.25) is 0 Å². The Balaban J connectivity index is 2.26. The molecule has 4 N–H and O–H groups in total. The smallest absolute Gasteiger partial charge is 0.203 e. The highest BCUT2D eigenvalue weighted by Gasteiger charge is 2.20. The molecule has 0 aliphatic rings. The minimum Gasteiger partial charge on any atom is -0.493 e. The molecule has 0 aliphatic heterocycles. The molecular weight excluding hydrogens is 415 g/mol. The van der Waals surface area contributed by atoms with Gasteiger partial charge in [0, 0.05) is 28.3 Å². The maximum absolute atomic E-state index is 6.40. The minimum atomic E-state index is 0.148. The number of halogens is 2. The molecule has 0 bridgehead atoms. The molecule has 1 aromatic heterocycles. The monoisotopic (exact) mass is 434 g/mol. The van der Waals surface area contributed by atoms with Gasteiger partial charge in [-0.1, -0.05) is 23.2 Å². The predicted molar refractivity (Wildman–Crippen MR) is 115 cm³/mol. The van der Waals surface area contributed by atoms with Crippen LogP contribution in [0.4, 0.5) is 5.82 Å². The number of rotatable bonds is 6. The fourth-order valence-electron chi connectivity index (χ4n) is 2.95. The van der Waals surface area contributed by atoms with Crippen molar-refractivity contribution in [3.63, 3.8) is 0 Å². The molecule has 0 saturated heterocycles. The zero-order valence-corrected chi connectivity index (χ0v) is 17.6. The first-order valence-corrected chi connectivity index (χ1v) is 9.31. The van der Waals surface area contributed by atoms with Gasteiger partial charge in [-0.05, 0) is 30.3 Å². The zero-order valence-electron chi connectivity index (χ0n) is 16.1. The molecule has 7 nitrogen and oxygen atoms in total. The van der Waals surface area contributed by atoms with Gasteiger partial charge in [0.1, 0.15) is 5.82 Å². The van der Waals surface area contributed by atoms with E-state index in [4.69, 9.17) is 53.9 Å². The van der Waals surface area contributed by atoms with Crippen molar-refractivity contribution in [2.24, 2.45) is 5.73 Å². The molecule has 0 saturated carbocycles. The van der Waals surface area contributed by atoms with E-state index in [9.17, 15) is 0 Å². The largest absolute Gasteiger partial charge is 0.493 e. The number of aromatic nitrogens is 2. The molecule has 2 aromatic carbocycles. The van der Waals surface area contributed by atoms with Gasteiger partial charge >= 0.3 is 0 Å². The molecule has 0 spiro atoms. The molecule has 3 rings (SSSR count). The Morgan fingerprint density at radius 3 is 2.10 bits per heavy atom. The van der Waals surface area contributed by atoms with E-state index in [1.165, 1.54) is 21.3 Å². The first kappa shape index (κ1) is 21.0. The van der Waals surface area contributed by atoms with Crippen LogP contribution in [-0.2, 0) is 6.54 Å². The Morgan fingerprint density at radius 1 is 0.931 bits per heavy atom. The Kier molecular flexibility index (Phi) is 6.32. The fourth-order valence-corrected chi connectivity index (χ4v) is 3.44. The van der Waals surface area contributed by atoms with Gasteiger partial charge in [0.2, 0.25) is 5.75 Å². The molecule has 0 unspecified atom stereocenters. The van der Waals surface area contributed by atoms with E-state index >= 15 is 0 Å². The van der Waals surface area contributed by atoms with E-state index in [1.54, 1.807) is 30.3 Å². The highest BCUT2D eigenvalue weighted by molar-refractivity contribution is 6.36. The summed E-state index contributed by atoms with van der Waals surface area (Å²) in [6.45, 7) is 0.148. The number of ether oxygens (including phenoxy) is 3. The SMILES string of the molecule is COc1cc(-c2nc(N)c(CN)c(-c3ccc(Cl)cc3Cl)n2)cc(OC)c1OC. The number of benzene rings is 2.